The van der Waals surface area contributed by atoms with E-state index in [4.69, 9.17) is 16.3 Å². The molecular weight excluding hydrogens is 418 g/mol. The first kappa shape index (κ1) is 19.5. The van der Waals surface area contributed by atoms with Crippen molar-refractivity contribution in [1.82, 2.24) is 5.01 Å². The Morgan fingerprint density at radius 1 is 1.06 bits per heavy atom. The number of fused-ring (bicyclic) bond motifs is 3. The maximum atomic E-state index is 13.5. The number of hydrogen-bond donors (Lipinski definition) is 0. The summed E-state index contributed by atoms with van der Waals surface area (Å²) in [4.78, 5) is 41.5. The number of amides is 2. The number of benzene rings is 2. The molecule has 2 saturated heterocycles. The number of hydrazone groups is 1. The van der Waals surface area contributed by atoms with Crippen LogP contribution in [0.3, 0.4) is 0 Å². The Hall–Kier alpha value is -3.45. The third-order valence-corrected chi connectivity index (χ3v) is 6.24. The van der Waals surface area contributed by atoms with Gasteiger partial charge >= 0.3 is 0 Å². The summed E-state index contributed by atoms with van der Waals surface area (Å²) >= 11 is 6.08. The lowest BCUT2D eigenvalue weighted by Gasteiger charge is -2.30. The minimum atomic E-state index is -0.884. The Morgan fingerprint density at radius 2 is 1.81 bits per heavy atom. The van der Waals surface area contributed by atoms with Gasteiger partial charge in [-0.25, -0.2) is 4.90 Å². The minimum absolute atomic E-state index is 0.262. The van der Waals surface area contributed by atoms with Crippen molar-refractivity contribution in [1.29, 1.82) is 0 Å². The summed E-state index contributed by atoms with van der Waals surface area (Å²) in [6, 6.07) is 11.9. The van der Waals surface area contributed by atoms with Crippen molar-refractivity contribution in [2.45, 2.75) is 12.1 Å². The van der Waals surface area contributed by atoms with Crippen LogP contribution in [0.4, 0.5) is 5.69 Å². The summed E-state index contributed by atoms with van der Waals surface area (Å²) in [5.41, 5.74) is 0.832. The molecule has 31 heavy (non-hydrogen) atoms. The lowest BCUT2D eigenvalue weighted by Crippen LogP contribution is -2.46. The summed E-state index contributed by atoms with van der Waals surface area (Å²) in [6.07, 6.45) is 5.12. The third kappa shape index (κ3) is 2.96. The Morgan fingerprint density at radius 3 is 2.52 bits per heavy atom. The maximum absolute atomic E-state index is 13.5. The molecule has 4 atom stereocenters. The molecule has 0 bridgehead atoms. The first-order chi connectivity index (χ1) is 15.0. The highest BCUT2D eigenvalue weighted by Gasteiger charge is 2.64. The van der Waals surface area contributed by atoms with Gasteiger partial charge in [-0.1, -0.05) is 23.7 Å². The van der Waals surface area contributed by atoms with Gasteiger partial charge in [-0.2, -0.15) is 5.10 Å². The largest absolute Gasteiger partial charge is 0.497 e. The number of Topliss-reactive ketones (excluding diaryl/α,β-unsaturated/α-hetero) is 1. The Bertz CT molecular complexity index is 1140. The molecule has 0 saturated carbocycles. The van der Waals surface area contributed by atoms with E-state index in [0.29, 0.717) is 22.0 Å². The van der Waals surface area contributed by atoms with E-state index in [1.807, 2.05) is 6.08 Å². The zero-order valence-electron chi connectivity index (χ0n) is 16.5. The quantitative estimate of drug-likeness (QED) is 0.545. The van der Waals surface area contributed by atoms with Crippen molar-refractivity contribution < 1.29 is 19.1 Å². The fourth-order valence-electron chi connectivity index (χ4n) is 4.63. The van der Waals surface area contributed by atoms with Crippen LogP contribution in [0.15, 0.2) is 65.8 Å². The van der Waals surface area contributed by atoms with Crippen molar-refractivity contribution >= 4 is 41.1 Å². The van der Waals surface area contributed by atoms with Gasteiger partial charge in [-0.05, 0) is 48.5 Å². The molecule has 3 heterocycles. The van der Waals surface area contributed by atoms with Gasteiger partial charge < -0.3 is 4.74 Å². The number of ketones is 1. The number of methoxy groups -OCH3 is 1. The van der Waals surface area contributed by atoms with Crippen LogP contribution in [-0.4, -0.2) is 48.0 Å². The standard InChI is InChI=1S/C23H18ClN3O4/c1-31-16-9-7-13(8-10-16)21(28)20-19-18(17-6-3-11-25-27(17)20)22(29)26(23(19)30)15-5-2-4-14(24)12-15/h2-12,17-20H,1H3/t17-,18+,19-,20+/m1/s1. The number of nitrogens with zero attached hydrogens (tertiary/aromatic N) is 3. The van der Waals surface area contributed by atoms with E-state index in [2.05, 4.69) is 5.10 Å². The van der Waals surface area contributed by atoms with Gasteiger partial charge in [0.25, 0.3) is 0 Å². The summed E-state index contributed by atoms with van der Waals surface area (Å²) in [7, 11) is 1.55. The second-order valence-electron chi connectivity index (χ2n) is 7.60. The predicted octanol–water partition coefficient (Wildman–Crippen LogP) is 2.95. The smallest absolute Gasteiger partial charge is 0.240 e. The normalized spacial score (nSPS) is 26.3. The van der Waals surface area contributed by atoms with Crippen LogP contribution in [0.25, 0.3) is 0 Å². The fraction of sp³-hybridized carbons (Fsp3) is 0.217. The first-order valence-corrected chi connectivity index (χ1v) is 10.2. The van der Waals surface area contributed by atoms with Crippen LogP contribution in [0, 0.1) is 11.8 Å². The Balaban J connectivity index is 1.56. The maximum Gasteiger partial charge on any atom is 0.240 e. The third-order valence-electron chi connectivity index (χ3n) is 6.00. The number of allylic oxidation sites excluding steroid dienone is 1. The molecule has 7 nitrogen and oxygen atoms in total. The number of carbonyl (C=O) groups is 3. The molecule has 2 aromatic rings. The molecular formula is C23H18ClN3O4. The highest BCUT2D eigenvalue weighted by atomic mass is 35.5. The van der Waals surface area contributed by atoms with Crippen LogP contribution in [0.2, 0.25) is 5.02 Å². The zero-order chi connectivity index (χ0) is 21.7. The average Bonchev–Trinajstić information content (AvgIpc) is 3.26. The van der Waals surface area contributed by atoms with Gasteiger partial charge in [0.1, 0.15) is 11.8 Å². The molecule has 5 rings (SSSR count). The van der Waals surface area contributed by atoms with E-state index in [-0.39, 0.29) is 11.7 Å². The van der Waals surface area contributed by atoms with Crippen LogP contribution >= 0.6 is 11.6 Å². The van der Waals surface area contributed by atoms with Gasteiger partial charge in [0.15, 0.2) is 5.78 Å². The molecule has 0 spiro atoms. The highest BCUT2D eigenvalue weighted by molar-refractivity contribution is 6.31. The monoisotopic (exact) mass is 435 g/mol. The molecule has 8 heteroatoms. The molecule has 2 amide bonds. The number of rotatable bonds is 4. The first-order valence-electron chi connectivity index (χ1n) is 9.82. The molecule has 3 aliphatic rings. The fourth-order valence-corrected chi connectivity index (χ4v) is 4.82. The average molecular weight is 436 g/mol. The second-order valence-corrected chi connectivity index (χ2v) is 8.04. The van der Waals surface area contributed by atoms with Gasteiger partial charge in [-0.15, -0.1) is 0 Å². The SMILES string of the molecule is COc1ccc(C(=O)[C@@H]2[C@@H]3C(=O)N(c4cccc(Cl)c4)C(=O)[C@H]3[C@H]3C=CC=NN32)cc1. The van der Waals surface area contributed by atoms with Crippen molar-refractivity contribution in [3.63, 3.8) is 0 Å². The molecule has 2 aromatic carbocycles. The minimum Gasteiger partial charge on any atom is -0.497 e. The lowest BCUT2D eigenvalue weighted by molar-refractivity contribution is -0.123. The molecule has 0 aliphatic carbocycles. The summed E-state index contributed by atoms with van der Waals surface area (Å²) in [5.74, 6) is -1.95. The van der Waals surface area contributed by atoms with Crippen LogP contribution < -0.4 is 9.64 Å². The number of hydrogen-bond acceptors (Lipinski definition) is 6. The predicted molar refractivity (Wildman–Crippen MR) is 115 cm³/mol. The summed E-state index contributed by atoms with van der Waals surface area (Å²) in [6.45, 7) is 0. The Kier molecular flexibility index (Phi) is 4.63. The number of carbonyl (C=O) groups excluding carboxylic acids is 3. The van der Waals surface area contributed by atoms with Crippen LogP contribution in [-0.2, 0) is 9.59 Å². The molecule has 0 unspecified atom stereocenters. The van der Waals surface area contributed by atoms with Gasteiger partial charge in [0, 0.05) is 16.8 Å². The van der Waals surface area contributed by atoms with E-state index in [1.54, 1.807) is 72.9 Å². The van der Waals surface area contributed by atoms with Crippen molar-refractivity contribution in [2.24, 2.45) is 16.9 Å². The van der Waals surface area contributed by atoms with Crippen molar-refractivity contribution in [2.75, 3.05) is 12.0 Å². The van der Waals surface area contributed by atoms with E-state index in [9.17, 15) is 14.4 Å². The van der Waals surface area contributed by atoms with Crippen LogP contribution in [0.1, 0.15) is 10.4 Å². The number of ether oxygens (including phenoxy) is 1. The molecule has 0 radical (unpaired) electrons. The van der Waals surface area contributed by atoms with Crippen LogP contribution in [0.5, 0.6) is 5.75 Å². The van der Waals surface area contributed by atoms with E-state index < -0.39 is 29.8 Å². The second kappa shape index (κ2) is 7.35. The molecule has 0 N–H and O–H groups in total. The lowest BCUT2D eigenvalue weighted by atomic mass is 9.86. The molecule has 3 aliphatic heterocycles. The highest BCUT2D eigenvalue weighted by Crippen LogP contribution is 2.46. The topological polar surface area (TPSA) is 79.3 Å². The van der Waals surface area contributed by atoms with Gasteiger partial charge in [0.05, 0.1) is 30.7 Å². The summed E-state index contributed by atoms with van der Waals surface area (Å²) in [5, 5.41) is 6.36. The number of imide groups is 1. The van der Waals surface area contributed by atoms with E-state index >= 15 is 0 Å². The van der Waals surface area contributed by atoms with Gasteiger partial charge in [-0.3, -0.25) is 19.4 Å². The molecule has 0 aromatic heterocycles. The van der Waals surface area contributed by atoms with Crippen molar-refractivity contribution in [3.8, 4) is 5.75 Å². The molecule has 2 fully saturated rings. The van der Waals surface area contributed by atoms with E-state index in [1.165, 1.54) is 0 Å². The zero-order valence-corrected chi connectivity index (χ0v) is 17.3. The van der Waals surface area contributed by atoms with E-state index in [0.717, 1.165) is 4.90 Å². The number of anilines is 1. The summed E-state index contributed by atoms with van der Waals surface area (Å²) < 4.78 is 5.16. The van der Waals surface area contributed by atoms with Crippen molar-refractivity contribution in [3.05, 3.63) is 71.3 Å². The van der Waals surface area contributed by atoms with Gasteiger partial charge in [0.2, 0.25) is 11.8 Å². The molecule has 156 valence electrons. The Labute approximate surface area is 183 Å². The number of halogens is 1.